The third-order valence-corrected chi connectivity index (χ3v) is 5.56. The van der Waals surface area contributed by atoms with Gasteiger partial charge >= 0.3 is 12.1 Å². The first-order valence-electron chi connectivity index (χ1n) is 9.98. The number of carboxylic acid groups (broad SMARTS) is 1. The number of allylic oxidation sites excluding steroid dienone is 2. The summed E-state index contributed by atoms with van der Waals surface area (Å²) in [5.74, 6) is -3.56. The van der Waals surface area contributed by atoms with E-state index in [9.17, 15) is 22.8 Å². The van der Waals surface area contributed by atoms with Crippen molar-refractivity contribution >= 4 is 23.5 Å². The third-order valence-electron chi connectivity index (χ3n) is 5.56. The number of nitrogen functional groups attached to an aromatic ring is 1. The molecule has 1 amide bonds. The number of rotatable bonds is 5. The van der Waals surface area contributed by atoms with E-state index < -0.39 is 23.5 Å². The molecule has 8 nitrogen and oxygen atoms in total. The number of aliphatic carboxylic acids is 1. The molecule has 0 spiro atoms. The lowest BCUT2D eigenvalue weighted by atomic mass is 9.68. The van der Waals surface area contributed by atoms with E-state index in [-0.39, 0.29) is 24.0 Å². The highest BCUT2D eigenvalue weighted by Crippen LogP contribution is 2.38. The van der Waals surface area contributed by atoms with Crippen molar-refractivity contribution in [1.82, 2.24) is 5.32 Å². The van der Waals surface area contributed by atoms with Gasteiger partial charge in [-0.2, -0.15) is 13.2 Å². The highest BCUT2D eigenvalue weighted by Gasteiger charge is 2.47. The second-order valence-corrected chi connectivity index (χ2v) is 7.88. The van der Waals surface area contributed by atoms with Crippen LogP contribution in [0.5, 0.6) is 0 Å². The van der Waals surface area contributed by atoms with Crippen LogP contribution < -0.4 is 16.8 Å². The molecular formula is C22H25F3N4O4. The summed E-state index contributed by atoms with van der Waals surface area (Å²) in [5.41, 5.74) is 12.8. The maximum absolute atomic E-state index is 13.4. The second kappa shape index (κ2) is 9.99. The van der Waals surface area contributed by atoms with Gasteiger partial charge in [-0.3, -0.25) is 15.0 Å². The minimum Gasteiger partial charge on any atom is -0.475 e. The van der Waals surface area contributed by atoms with Gasteiger partial charge in [0.15, 0.2) is 5.78 Å². The molecule has 178 valence electrons. The van der Waals surface area contributed by atoms with Crippen molar-refractivity contribution in [2.24, 2.45) is 22.8 Å². The second-order valence-electron chi connectivity index (χ2n) is 7.88. The standard InChI is InChI=1S/C20H24N4O2.C2HF3O2/c1-12-5-7-20(19(23)26,17(25)16(12)15-6-8-24-11-15)10-13-3-2-4-14(9-13)18(21)22;3-2(4,5)1(6)7/h2-5,7,9,15,24H,6,8,10-11H2,1H3,(H3,21,22)(H2,23,26);(H,6,7)/t15-,20?;/m1./s1. The molecule has 0 bridgehead atoms. The van der Waals surface area contributed by atoms with E-state index in [0.29, 0.717) is 11.1 Å². The van der Waals surface area contributed by atoms with Gasteiger partial charge in [0.2, 0.25) is 5.91 Å². The summed E-state index contributed by atoms with van der Waals surface area (Å²) in [4.78, 5) is 34.7. The summed E-state index contributed by atoms with van der Waals surface area (Å²) >= 11 is 0. The van der Waals surface area contributed by atoms with E-state index in [1.165, 1.54) is 0 Å². The monoisotopic (exact) mass is 466 g/mol. The van der Waals surface area contributed by atoms with Gasteiger partial charge in [-0.1, -0.05) is 30.4 Å². The Hall–Kier alpha value is -3.47. The minimum absolute atomic E-state index is 0.0565. The average Bonchev–Trinajstić information content (AvgIpc) is 3.24. The van der Waals surface area contributed by atoms with E-state index in [4.69, 9.17) is 26.8 Å². The number of amides is 1. The first kappa shape index (κ1) is 25.8. The average molecular weight is 466 g/mol. The summed E-state index contributed by atoms with van der Waals surface area (Å²) in [6, 6.07) is 7.04. The number of carbonyl (C=O) groups is 3. The number of carbonyl (C=O) groups excluding carboxylic acids is 2. The highest BCUT2D eigenvalue weighted by atomic mass is 19.4. The van der Waals surface area contributed by atoms with Gasteiger partial charge in [0.25, 0.3) is 0 Å². The molecule has 11 heteroatoms. The van der Waals surface area contributed by atoms with Crippen molar-refractivity contribution < 1.29 is 32.7 Å². The summed E-state index contributed by atoms with van der Waals surface area (Å²) in [5, 5.41) is 18.0. The fourth-order valence-corrected chi connectivity index (χ4v) is 3.85. The first-order valence-corrected chi connectivity index (χ1v) is 9.98. The number of nitrogens with two attached hydrogens (primary N) is 2. The molecule has 1 aliphatic carbocycles. The highest BCUT2D eigenvalue weighted by molar-refractivity contribution is 6.16. The van der Waals surface area contributed by atoms with Gasteiger partial charge in [-0.05, 0) is 43.5 Å². The number of primary amides is 1. The smallest absolute Gasteiger partial charge is 0.475 e. The van der Waals surface area contributed by atoms with Gasteiger partial charge in [0.1, 0.15) is 11.3 Å². The zero-order valence-electron chi connectivity index (χ0n) is 17.8. The van der Waals surface area contributed by atoms with E-state index in [1.54, 1.807) is 24.3 Å². The van der Waals surface area contributed by atoms with Crippen molar-refractivity contribution in [3.63, 3.8) is 0 Å². The molecular weight excluding hydrogens is 441 g/mol. The molecule has 33 heavy (non-hydrogen) atoms. The fourth-order valence-electron chi connectivity index (χ4n) is 3.85. The minimum atomic E-state index is -5.08. The first-order chi connectivity index (χ1) is 15.3. The molecule has 3 rings (SSSR count). The molecule has 1 fully saturated rings. The van der Waals surface area contributed by atoms with E-state index in [1.807, 2.05) is 19.1 Å². The van der Waals surface area contributed by atoms with Crippen LogP contribution >= 0.6 is 0 Å². The quantitative estimate of drug-likeness (QED) is 0.252. The van der Waals surface area contributed by atoms with Crippen LogP contribution in [-0.4, -0.2) is 47.9 Å². The van der Waals surface area contributed by atoms with Crippen LogP contribution in [0.25, 0.3) is 0 Å². The molecule has 1 heterocycles. The molecule has 1 aliphatic heterocycles. The Kier molecular flexibility index (Phi) is 7.80. The number of Topliss-reactive ketones (excluding diaryl/α,β-unsaturated/α-hetero) is 1. The van der Waals surface area contributed by atoms with Crippen molar-refractivity contribution in [3.8, 4) is 0 Å². The van der Waals surface area contributed by atoms with Crippen molar-refractivity contribution in [1.29, 1.82) is 5.41 Å². The summed E-state index contributed by atoms with van der Waals surface area (Å²) < 4.78 is 31.7. The van der Waals surface area contributed by atoms with E-state index >= 15 is 0 Å². The Bertz CT molecular complexity index is 1030. The molecule has 1 unspecified atom stereocenters. The molecule has 2 aliphatic rings. The van der Waals surface area contributed by atoms with Gasteiger partial charge in [-0.25, -0.2) is 4.79 Å². The number of hydrogen-bond donors (Lipinski definition) is 5. The lowest BCUT2D eigenvalue weighted by Crippen LogP contribution is -2.47. The van der Waals surface area contributed by atoms with Gasteiger partial charge < -0.3 is 21.9 Å². The molecule has 1 aromatic rings. The lowest BCUT2D eigenvalue weighted by molar-refractivity contribution is -0.192. The number of nitrogens with one attached hydrogen (secondary N) is 2. The van der Waals surface area contributed by atoms with Crippen LogP contribution in [0.15, 0.2) is 47.6 Å². The Balaban J connectivity index is 0.000000479. The number of alkyl halides is 3. The van der Waals surface area contributed by atoms with Crippen LogP contribution in [0, 0.1) is 16.7 Å². The third kappa shape index (κ3) is 5.86. The fraction of sp³-hybridized carbons (Fsp3) is 0.364. The van der Waals surface area contributed by atoms with Crippen LogP contribution in [0.1, 0.15) is 24.5 Å². The molecule has 1 saturated heterocycles. The topological polar surface area (TPSA) is 159 Å². The zero-order valence-corrected chi connectivity index (χ0v) is 17.8. The molecule has 0 aromatic heterocycles. The van der Waals surface area contributed by atoms with E-state index in [0.717, 1.165) is 30.6 Å². The number of halogens is 3. The SMILES string of the molecule is CC1=C([C@@H]2CCNC2)C(=O)C(Cc2cccc(C(=N)N)c2)(C(N)=O)C=C1.O=C(O)C(F)(F)F. The Morgan fingerprint density at radius 1 is 1.30 bits per heavy atom. The molecule has 0 saturated carbocycles. The number of ketones is 1. The molecule has 7 N–H and O–H groups in total. The Labute approximate surface area is 188 Å². The van der Waals surface area contributed by atoms with Crippen LogP contribution in [0.4, 0.5) is 13.2 Å². The van der Waals surface area contributed by atoms with Crippen molar-refractivity contribution in [2.45, 2.75) is 25.9 Å². The molecule has 1 aromatic carbocycles. The normalized spacial score (nSPS) is 22.5. The Morgan fingerprint density at radius 3 is 2.42 bits per heavy atom. The van der Waals surface area contributed by atoms with Gasteiger partial charge in [0, 0.05) is 23.6 Å². The number of hydrogen-bond acceptors (Lipinski definition) is 5. The van der Waals surface area contributed by atoms with Crippen LogP contribution in [0.2, 0.25) is 0 Å². The summed E-state index contributed by atoms with van der Waals surface area (Å²) in [6.07, 6.45) is -0.565. The predicted molar refractivity (Wildman–Crippen MR) is 114 cm³/mol. The van der Waals surface area contributed by atoms with Crippen molar-refractivity contribution in [3.05, 3.63) is 58.7 Å². The number of carboxylic acids is 1. The number of benzene rings is 1. The maximum Gasteiger partial charge on any atom is 0.490 e. The van der Waals surface area contributed by atoms with E-state index in [2.05, 4.69) is 5.32 Å². The number of amidine groups is 1. The van der Waals surface area contributed by atoms with Gasteiger partial charge in [-0.15, -0.1) is 0 Å². The van der Waals surface area contributed by atoms with Crippen LogP contribution in [0.3, 0.4) is 0 Å². The summed E-state index contributed by atoms with van der Waals surface area (Å²) in [7, 11) is 0. The maximum atomic E-state index is 13.4. The predicted octanol–water partition coefficient (Wildman–Crippen LogP) is 1.68. The van der Waals surface area contributed by atoms with Crippen LogP contribution in [-0.2, 0) is 20.8 Å². The largest absolute Gasteiger partial charge is 0.490 e. The lowest BCUT2D eigenvalue weighted by Gasteiger charge is -2.32. The summed E-state index contributed by atoms with van der Waals surface area (Å²) in [6.45, 7) is 3.51. The molecule has 0 radical (unpaired) electrons. The molecule has 2 atom stereocenters. The van der Waals surface area contributed by atoms with Gasteiger partial charge in [0.05, 0.1) is 0 Å². The Morgan fingerprint density at radius 2 is 1.94 bits per heavy atom. The zero-order chi connectivity index (χ0) is 25.0. The van der Waals surface area contributed by atoms with Crippen molar-refractivity contribution in [2.75, 3.05) is 13.1 Å².